The van der Waals surface area contributed by atoms with E-state index in [1.54, 1.807) is 14.2 Å². The van der Waals surface area contributed by atoms with Crippen LogP contribution in [0.2, 0.25) is 0 Å². The number of amides is 1. The average molecular weight is 354 g/mol. The summed E-state index contributed by atoms with van der Waals surface area (Å²) in [6.45, 7) is 4.17. The number of ether oxygens (including phenoxy) is 2. The van der Waals surface area contributed by atoms with Crippen molar-refractivity contribution in [2.45, 2.75) is 18.9 Å². The normalized spacial score (nSPS) is 18.3. The number of rotatable bonds is 5. The van der Waals surface area contributed by atoms with Crippen LogP contribution in [0.3, 0.4) is 0 Å². The number of piperazine rings is 1. The van der Waals surface area contributed by atoms with Crippen LogP contribution < -0.4 is 14.8 Å². The highest BCUT2D eigenvalue weighted by Crippen LogP contribution is 2.32. The van der Waals surface area contributed by atoms with E-state index < -0.39 is 0 Å². The monoisotopic (exact) mass is 354 g/mol. The Bertz CT molecular complexity index is 745. The minimum atomic E-state index is -0.212. The molecular formula is C21H26N2O3. The van der Waals surface area contributed by atoms with Crippen LogP contribution in [0.4, 0.5) is 0 Å². The summed E-state index contributed by atoms with van der Waals surface area (Å²) in [5.41, 5.74) is 2.03. The van der Waals surface area contributed by atoms with E-state index in [0.717, 1.165) is 35.7 Å². The fraction of sp³-hybridized carbons (Fsp3) is 0.381. The summed E-state index contributed by atoms with van der Waals surface area (Å²) in [6.07, 6.45) is 0. The molecule has 0 aromatic heterocycles. The largest absolute Gasteiger partial charge is 0.497 e. The van der Waals surface area contributed by atoms with Gasteiger partial charge in [0.1, 0.15) is 11.5 Å². The van der Waals surface area contributed by atoms with Crippen molar-refractivity contribution in [1.82, 2.24) is 10.2 Å². The van der Waals surface area contributed by atoms with Gasteiger partial charge in [-0.1, -0.05) is 30.3 Å². The van der Waals surface area contributed by atoms with Gasteiger partial charge in [-0.3, -0.25) is 4.79 Å². The smallest absolute Gasteiger partial charge is 0.230 e. The van der Waals surface area contributed by atoms with Gasteiger partial charge in [-0.05, 0) is 30.7 Å². The third-order valence-corrected chi connectivity index (χ3v) is 5.01. The van der Waals surface area contributed by atoms with E-state index in [-0.39, 0.29) is 17.9 Å². The Morgan fingerprint density at radius 2 is 1.85 bits per heavy atom. The van der Waals surface area contributed by atoms with Crippen LogP contribution in [-0.4, -0.2) is 44.7 Å². The van der Waals surface area contributed by atoms with Gasteiger partial charge in [-0.15, -0.1) is 0 Å². The lowest BCUT2D eigenvalue weighted by Gasteiger charge is -2.38. The number of para-hydroxylation sites is 1. The summed E-state index contributed by atoms with van der Waals surface area (Å²) in [7, 11) is 3.31. The Hall–Kier alpha value is -2.53. The molecule has 2 aromatic carbocycles. The maximum Gasteiger partial charge on any atom is 0.230 e. The van der Waals surface area contributed by atoms with Gasteiger partial charge in [0.15, 0.2) is 0 Å². The second-order valence-electron chi connectivity index (χ2n) is 6.49. The first-order valence-corrected chi connectivity index (χ1v) is 8.93. The molecule has 2 aromatic rings. The lowest BCUT2D eigenvalue weighted by molar-refractivity contribution is -0.135. The molecule has 1 aliphatic heterocycles. The molecular weight excluding hydrogens is 328 g/mol. The molecule has 1 fully saturated rings. The summed E-state index contributed by atoms with van der Waals surface area (Å²) < 4.78 is 10.7. The maximum absolute atomic E-state index is 13.3. The summed E-state index contributed by atoms with van der Waals surface area (Å²) in [5.74, 6) is 1.53. The van der Waals surface area contributed by atoms with Crippen molar-refractivity contribution in [3.8, 4) is 11.5 Å². The number of nitrogens with one attached hydrogen (secondary N) is 1. The summed E-state index contributed by atoms with van der Waals surface area (Å²) in [4.78, 5) is 15.2. The molecule has 26 heavy (non-hydrogen) atoms. The lowest BCUT2D eigenvalue weighted by Crippen LogP contribution is -2.49. The maximum atomic E-state index is 13.3. The van der Waals surface area contributed by atoms with Gasteiger partial charge in [-0.2, -0.15) is 0 Å². The fourth-order valence-electron chi connectivity index (χ4n) is 3.47. The molecule has 5 heteroatoms. The van der Waals surface area contributed by atoms with Gasteiger partial charge in [0.25, 0.3) is 0 Å². The Morgan fingerprint density at radius 3 is 2.54 bits per heavy atom. The molecule has 2 unspecified atom stereocenters. The third kappa shape index (κ3) is 3.68. The second kappa shape index (κ2) is 8.23. The van der Waals surface area contributed by atoms with E-state index in [1.807, 2.05) is 60.4 Å². The lowest BCUT2D eigenvalue weighted by atomic mass is 9.96. The van der Waals surface area contributed by atoms with E-state index in [1.165, 1.54) is 0 Å². The van der Waals surface area contributed by atoms with Crippen molar-refractivity contribution < 1.29 is 14.3 Å². The van der Waals surface area contributed by atoms with Gasteiger partial charge in [0.05, 0.1) is 26.2 Å². The van der Waals surface area contributed by atoms with Crippen LogP contribution in [0.1, 0.15) is 30.0 Å². The number of benzene rings is 2. The van der Waals surface area contributed by atoms with E-state index in [4.69, 9.17) is 9.47 Å². The van der Waals surface area contributed by atoms with Crippen LogP contribution in [-0.2, 0) is 4.79 Å². The minimum Gasteiger partial charge on any atom is -0.497 e. The molecule has 3 rings (SSSR count). The number of nitrogens with zero attached hydrogens (tertiary/aromatic N) is 1. The van der Waals surface area contributed by atoms with Crippen molar-refractivity contribution in [3.63, 3.8) is 0 Å². The van der Waals surface area contributed by atoms with Crippen LogP contribution in [0.5, 0.6) is 11.5 Å². The zero-order chi connectivity index (χ0) is 18.5. The van der Waals surface area contributed by atoms with Crippen molar-refractivity contribution in [1.29, 1.82) is 0 Å². The topological polar surface area (TPSA) is 50.8 Å². The Labute approximate surface area is 154 Å². The number of hydrogen-bond acceptors (Lipinski definition) is 4. The predicted molar refractivity (Wildman–Crippen MR) is 102 cm³/mol. The molecule has 1 saturated heterocycles. The van der Waals surface area contributed by atoms with Crippen LogP contribution >= 0.6 is 0 Å². The second-order valence-corrected chi connectivity index (χ2v) is 6.49. The number of carbonyl (C=O) groups is 1. The molecule has 1 amide bonds. The Morgan fingerprint density at radius 1 is 1.12 bits per heavy atom. The summed E-state index contributed by atoms with van der Waals surface area (Å²) in [6, 6.07) is 15.6. The third-order valence-electron chi connectivity index (χ3n) is 5.01. The molecule has 138 valence electrons. The summed E-state index contributed by atoms with van der Waals surface area (Å²) in [5, 5.41) is 3.40. The summed E-state index contributed by atoms with van der Waals surface area (Å²) >= 11 is 0. The van der Waals surface area contributed by atoms with Crippen molar-refractivity contribution in [2.75, 3.05) is 33.9 Å². The van der Waals surface area contributed by atoms with E-state index in [0.29, 0.717) is 6.54 Å². The van der Waals surface area contributed by atoms with Gasteiger partial charge in [-0.25, -0.2) is 0 Å². The molecule has 1 aliphatic rings. The molecule has 5 nitrogen and oxygen atoms in total. The zero-order valence-electron chi connectivity index (χ0n) is 15.6. The zero-order valence-corrected chi connectivity index (χ0v) is 15.6. The Kier molecular flexibility index (Phi) is 5.78. The highest BCUT2D eigenvalue weighted by molar-refractivity contribution is 5.84. The van der Waals surface area contributed by atoms with E-state index >= 15 is 0 Å². The number of methoxy groups -OCH3 is 2. The van der Waals surface area contributed by atoms with E-state index in [9.17, 15) is 4.79 Å². The van der Waals surface area contributed by atoms with Gasteiger partial charge in [0.2, 0.25) is 5.91 Å². The predicted octanol–water partition coefficient (Wildman–Crippen LogP) is 2.98. The number of carbonyl (C=O) groups excluding carboxylic acids is 1. The molecule has 1 N–H and O–H groups in total. The average Bonchev–Trinajstić information content (AvgIpc) is 2.72. The van der Waals surface area contributed by atoms with Gasteiger partial charge >= 0.3 is 0 Å². The van der Waals surface area contributed by atoms with Crippen molar-refractivity contribution in [3.05, 3.63) is 59.7 Å². The number of hydrogen-bond donors (Lipinski definition) is 1. The molecule has 0 spiro atoms. The van der Waals surface area contributed by atoms with Crippen LogP contribution in [0, 0.1) is 0 Å². The quantitative estimate of drug-likeness (QED) is 0.897. The van der Waals surface area contributed by atoms with Crippen LogP contribution in [0.15, 0.2) is 48.5 Å². The van der Waals surface area contributed by atoms with Crippen LogP contribution in [0.25, 0.3) is 0 Å². The fourth-order valence-corrected chi connectivity index (χ4v) is 3.47. The molecule has 2 atom stereocenters. The SMILES string of the molecule is COc1ccc(C(C)C(=O)N2CCNCC2c2ccccc2OC)cc1. The van der Waals surface area contributed by atoms with E-state index in [2.05, 4.69) is 5.32 Å². The van der Waals surface area contributed by atoms with Crippen molar-refractivity contribution in [2.24, 2.45) is 0 Å². The highest BCUT2D eigenvalue weighted by atomic mass is 16.5. The van der Waals surface area contributed by atoms with Gasteiger partial charge < -0.3 is 19.7 Å². The molecule has 0 bridgehead atoms. The molecule has 0 radical (unpaired) electrons. The first-order valence-electron chi connectivity index (χ1n) is 8.93. The minimum absolute atomic E-state index is 0.0342. The van der Waals surface area contributed by atoms with Gasteiger partial charge in [0, 0.05) is 25.2 Å². The molecule has 0 aliphatic carbocycles. The standard InChI is InChI=1S/C21H26N2O3/c1-15(16-8-10-17(25-2)11-9-16)21(24)23-13-12-22-14-19(23)18-6-4-5-7-20(18)26-3/h4-11,15,19,22H,12-14H2,1-3H3. The molecule has 1 heterocycles. The highest BCUT2D eigenvalue weighted by Gasteiger charge is 2.32. The first-order chi connectivity index (χ1) is 12.7. The van der Waals surface area contributed by atoms with Crippen molar-refractivity contribution >= 4 is 5.91 Å². The first kappa shape index (κ1) is 18.3. The Balaban J connectivity index is 1.85. The molecule has 0 saturated carbocycles.